The molecule has 0 amide bonds. The first-order valence-corrected chi connectivity index (χ1v) is 7.68. The van der Waals surface area contributed by atoms with E-state index in [9.17, 15) is 5.11 Å². The summed E-state index contributed by atoms with van der Waals surface area (Å²) >= 11 is 0. The quantitative estimate of drug-likeness (QED) is 0.810. The van der Waals surface area contributed by atoms with Gasteiger partial charge in [-0.25, -0.2) is 4.98 Å². The molecule has 0 bridgehead atoms. The summed E-state index contributed by atoms with van der Waals surface area (Å²) in [6.45, 7) is 10.4. The maximum atomic E-state index is 9.32. The van der Waals surface area contributed by atoms with Crippen LogP contribution in [0.2, 0.25) is 0 Å². The highest BCUT2D eigenvalue weighted by atomic mass is 16.5. The number of imidazole rings is 1. The molecule has 1 aromatic heterocycles. The Morgan fingerprint density at radius 1 is 1.24 bits per heavy atom. The van der Waals surface area contributed by atoms with E-state index in [0.717, 1.165) is 42.2 Å². The molecule has 1 heterocycles. The molecule has 0 aliphatic rings. The topological polar surface area (TPSA) is 50.5 Å². The molecule has 0 saturated carbocycles. The van der Waals surface area contributed by atoms with Crippen molar-refractivity contribution in [3.05, 3.63) is 24.0 Å². The SMILES string of the molecule is CCOc1ccc2c(c1)nc(CN(CC)CC)n2CCO. The zero-order valence-corrected chi connectivity index (χ0v) is 13.2. The second-order valence-corrected chi connectivity index (χ2v) is 4.95. The number of nitrogens with zero attached hydrogens (tertiary/aromatic N) is 3. The van der Waals surface area contributed by atoms with E-state index in [4.69, 9.17) is 9.72 Å². The maximum absolute atomic E-state index is 9.32. The second kappa shape index (κ2) is 7.43. The first kappa shape index (κ1) is 15.8. The van der Waals surface area contributed by atoms with E-state index in [2.05, 4.69) is 23.3 Å². The largest absolute Gasteiger partial charge is 0.494 e. The van der Waals surface area contributed by atoms with Gasteiger partial charge in [0.25, 0.3) is 0 Å². The fraction of sp³-hybridized carbons (Fsp3) is 0.562. The molecule has 2 aromatic rings. The lowest BCUT2D eigenvalue weighted by atomic mass is 10.3. The number of hydrogen-bond acceptors (Lipinski definition) is 4. The number of aromatic nitrogens is 2. The fourth-order valence-electron chi connectivity index (χ4n) is 2.53. The highest BCUT2D eigenvalue weighted by Crippen LogP contribution is 2.22. The molecule has 1 N–H and O–H groups in total. The molecule has 1 aromatic carbocycles. The predicted octanol–water partition coefficient (Wildman–Crippen LogP) is 2.27. The Morgan fingerprint density at radius 2 is 2.00 bits per heavy atom. The molecule has 0 unspecified atom stereocenters. The lowest BCUT2D eigenvalue weighted by Crippen LogP contribution is -2.24. The van der Waals surface area contributed by atoms with Crippen molar-refractivity contribution in [3.63, 3.8) is 0 Å². The van der Waals surface area contributed by atoms with Crippen molar-refractivity contribution in [2.24, 2.45) is 0 Å². The summed E-state index contributed by atoms with van der Waals surface area (Å²) in [6, 6.07) is 5.95. The molecule has 116 valence electrons. The highest BCUT2D eigenvalue weighted by molar-refractivity contribution is 5.77. The first-order valence-electron chi connectivity index (χ1n) is 7.68. The van der Waals surface area contributed by atoms with E-state index < -0.39 is 0 Å². The summed E-state index contributed by atoms with van der Waals surface area (Å²) in [6.07, 6.45) is 0. The van der Waals surface area contributed by atoms with Gasteiger partial charge in [0.2, 0.25) is 0 Å². The average molecular weight is 291 g/mol. The third-order valence-corrected chi connectivity index (χ3v) is 3.69. The minimum atomic E-state index is 0.115. The normalized spacial score (nSPS) is 11.5. The van der Waals surface area contributed by atoms with E-state index >= 15 is 0 Å². The Kier molecular flexibility index (Phi) is 5.59. The standard InChI is InChI=1S/C16H25N3O2/c1-4-18(5-2)12-16-17-14-11-13(21-6-3)7-8-15(14)19(16)9-10-20/h7-8,11,20H,4-6,9-10,12H2,1-3H3. The van der Waals surface area contributed by atoms with Crippen LogP contribution in [0.1, 0.15) is 26.6 Å². The van der Waals surface area contributed by atoms with Gasteiger partial charge in [0.15, 0.2) is 0 Å². The Labute approximate surface area is 126 Å². The van der Waals surface area contributed by atoms with E-state index in [0.29, 0.717) is 13.2 Å². The molecule has 0 saturated heterocycles. The fourth-order valence-corrected chi connectivity index (χ4v) is 2.53. The maximum Gasteiger partial charge on any atom is 0.124 e. The summed E-state index contributed by atoms with van der Waals surface area (Å²) in [5.74, 6) is 1.84. The number of benzene rings is 1. The van der Waals surface area contributed by atoms with Crippen LogP contribution < -0.4 is 4.74 Å². The van der Waals surface area contributed by atoms with Crippen LogP contribution in [0.3, 0.4) is 0 Å². The van der Waals surface area contributed by atoms with Crippen LogP contribution in [-0.2, 0) is 13.1 Å². The van der Waals surface area contributed by atoms with Crippen molar-refractivity contribution < 1.29 is 9.84 Å². The van der Waals surface area contributed by atoms with Crippen molar-refractivity contribution in [2.75, 3.05) is 26.3 Å². The molecule has 0 fully saturated rings. The first-order chi connectivity index (χ1) is 10.2. The number of rotatable bonds is 8. The Balaban J connectivity index is 2.40. The molecule has 0 atom stereocenters. The molecule has 0 aliphatic carbocycles. The second-order valence-electron chi connectivity index (χ2n) is 4.95. The zero-order valence-electron chi connectivity index (χ0n) is 13.2. The molecule has 0 spiro atoms. The van der Waals surface area contributed by atoms with Gasteiger partial charge >= 0.3 is 0 Å². The number of fused-ring (bicyclic) bond motifs is 1. The van der Waals surface area contributed by atoms with Crippen LogP contribution >= 0.6 is 0 Å². The van der Waals surface area contributed by atoms with Crippen LogP contribution in [0.5, 0.6) is 5.75 Å². The van der Waals surface area contributed by atoms with E-state index in [1.807, 2.05) is 25.1 Å². The number of hydrogen-bond donors (Lipinski definition) is 1. The summed E-state index contributed by atoms with van der Waals surface area (Å²) in [5, 5.41) is 9.32. The minimum Gasteiger partial charge on any atom is -0.494 e. The Morgan fingerprint density at radius 3 is 2.62 bits per heavy atom. The number of aliphatic hydroxyl groups excluding tert-OH is 1. The van der Waals surface area contributed by atoms with Gasteiger partial charge in [-0.2, -0.15) is 0 Å². The monoisotopic (exact) mass is 291 g/mol. The lowest BCUT2D eigenvalue weighted by Gasteiger charge is -2.18. The van der Waals surface area contributed by atoms with Crippen molar-refractivity contribution in [1.82, 2.24) is 14.5 Å². The summed E-state index contributed by atoms with van der Waals surface area (Å²) in [4.78, 5) is 7.06. The molecule has 2 rings (SSSR count). The van der Waals surface area contributed by atoms with Crippen molar-refractivity contribution in [2.45, 2.75) is 33.9 Å². The number of ether oxygens (including phenoxy) is 1. The van der Waals surface area contributed by atoms with Crippen molar-refractivity contribution in [1.29, 1.82) is 0 Å². The van der Waals surface area contributed by atoms with E-state index in [1.165, 1.54) is 0 Å². The van der Waals surface area contributed by atoms with Gasteiger partial charge in [0, 0.05) is 12.6 Å². The molecule has 0 radical (unpaired) electrons. The van der Waals surface area contributed by atoms with Crippen molar-refractivity contribution >= 4 is 11.0 Å². The molecule has 21 heavy (non-hydrogen) atoms. The summed E-state index contributed by atoms with van der Waals surface area (Å²) in [7, 11) is 0. The smallest absolute Gasteiger partial charge is 0.124 e. The van der Waals surface area contributed by atoms with Gasteiger partial charge < -0.3 is 14.4 Å². The van der Waals surface area contributed by atoms with Gasteiger partial charge in [-0.1, -0.05) is 13.8 Å². The third kappa shape index (κ3) is 3.54. The number of aliphatic hydroxyl groups is 1. The molecular weight excluding hydrogens is 266 g/mol. The zero-order chi connectivity index (χ0) is 15.2. The van der Waals surface area contributed by atoms with Crippen LogP contribution in [0.25, 0.3) is 11.0 Å². The Bertz CT molecular complexity index is 576. The predicted molar refractivity (Wildman–Crippen MR) is 84.6 cm³/mol. The molecule has 5 nitrogen and oxygen atoms in total. The van der Waals surface area contributed by atoms with Crippen molar-refractivity contribution in [3.8, 4) is 5.75 Å². The van der Waals surface area contributed by atoms with E-state index in [1.54, 1.807) is 0 Å². The van der Waals surface area contributed by atoms with Gasteiger partial charge in [0.1, 0.15) is 11.6 Å². The summed E-state index contributed by atoms with van der Waals surface area (Å²) < 4.78 is 7.64. The summed E-state index contributed by atoms with van der Waals surface area (Å²) in [5.41, 5.74) is 1.98. The van der Waals surface area contributed by atoms with Crippen LogP contribution in [0, 0.1) is 0 Å². The van der Waals surface area contributed by atoms with E-state index in [-0.39, 0.29) is 6.61 Å². The van der Waals surface area contributed by atoms with Crippen LogP contribution in [-0.4, -0.2) is 45.9 Å². The van der Waals surface area contributed by atoms with Gasteiger partial charge in [-0.05, 0) is 32.1 Å². The average Bonchev–Trinajstić information content (AvgIpc) is 2.82. The van der Waals surface area contributed by atoms with Crippen LogP contribution in [0.4, 0.5) is 0 Å². The Hall–Kier alpha value is -1.59. The molecule has 5 heteroatoms. The highest BCUT2D eigenvalue weighted by Gasteiger charge is 2.13. The molecular formula is C16H25N3O2. The lowest BCUT2D eigenvalue weighted by molar-refractivity contribution is 0.260. The van der Waals surface area contributed by atoms with Crippen LogP contribution in [0.15, 0.2) is 18.2 Å². The molecule has 0 aliphatic heterocycles. The third-order valence-electron chi connectivity index (χ3n) is 3.69. The minimum absolute atomic E-state index is 0.115. The van der Waals surface area contributed by atoms with Gasteiger partial charge in [-0.15, -0.1) is 0 Å². The van der Waals surface area contributed by atoms with Gasteiger partial charge in [-0.3, -0.25) is 4.90 Å². The van der Waals surface area contributed by atoms with Gasteiger partial charge in [0.05, 0.1) is 30.8 Å².